The van der Waals surface area contributed by atoms with Gasteiger partial charge in [0.1, 0.15) is 12.2 Å². The van der Waals surface area contributed by atoms with Gasteiger partial charge in [0.2, 0.25) is 0 Å². The summed E-state index contributed by atoms with van der Waals surface area (Å²) in [4.78, 5) is 24.6. The van der Waals surface area contributed by atoms with Crippen molar-refractivity contribution >= 4 is 11.9 Å². The van der Waals surface area contributed by atoms with Gasteiger partial charge >= 0.3 is 11.9 Å². The molecule has 2 aliphatic carbocycles. The standard InChI is InChI=1S/C20H28O6/c1-6-10(2)17(22)26-15-14-11(3)18(23)25-12(14)9-19(4)13(21)7-8-20(5,24)16(15)19/h6,12-16,21,24H,3,7-9H2,1-2,4-5H3/b10-6+/t12-,13?,14?,15-,16?,19?,20?/m0/s1. The van der Waals surface area contributed by atoms with Crippen LogP contribution in [0, 0.1) is 17.3 Å². The van der Waals surface area contributed by atoms with E-state index in [0.29, 0.717) is 24.8 Å². The number of aliphatic hydroxyl groups is 2. The summed E-state index contributed by atoms with van der Waals surface area (Å²) in [5.74, 6) is -2.03. The van der Waals surface area contributed by atoms with Crippen molar-refractivity contribution in [2.45, 2.75) is 70.9 Å². The molecule has 26 heavy (non-hydrogen) atoms. The molecule has 7 atom stereocenters. The SMILES string of the molecule is C=C1C(=O)O[C@H]2CC3(C)C(O)CCC(C)(O)C3[C@@H](OC(=O)/C(C)=C/C)C12. The molecule has 1 heterocycles. The van der Waals surface area contributed by atoms with Gasteiger partial charge in [-0.2, -0.15) is 0 Å². The Balaban J connectivity index is 2.08. The molecule has 3 rings (SSSR count). The maximum atomic E-state index is 12.5. The van der Waals surface area contributed by atoms with E-state index in [0.717, 1.165) is 0 Å². The molecule has 2 N–H and O–H groups in total. The lowest BCUT2D eigenvalue weighted by atomic mass is 9.50. The summed E-state index contributed by atoms with van der Waals surface area (Å²) in [7, 11) is 0. The average molecular weight is 364 g/mol. The van der Waals surface area contributed by atoms with E-state index in [-0.39, 0.29) is 5.57 Å². The molecule has 6 heteroatoms. The molecule has 6 nitrogen and oxygen atoms in total. The first-order chi connectivity index (χ1) is 12.0. The van der Waals surface area contributed by atoms with Crippen molar-refractivity contribution in [3.8, 4) is 0 Å². The number of allylic oxidation sites excluding steroid dienone is 1. The van der Waals surface area contributed by atoms with Gasteiger partial charge < -0.3 is 19.7 Å². The van der Waals surface area contributed by atoms with E-state index >= 15 is 0 Å². The summed E-state index contributed by atoms with van der Waals surface area (Å²) >= 11 is 0. The molecular weight excluding hydrogens is 336 g/mol. The van der Waals surface area contributed by atoms with Crippen LogP contribution in [0.1, 0.15) is 47.0 Å². The zero-order valence-corrected chi connectivity index (χ0v) is 15.8. The number of hydrogen-bond donors (Lipinski definition) is 2. The number of rotatable bonds is 2. The van der Waals surface area contributed by atoms with E-state index in [9.17, 15) is 19.8 Å². The van der Waals surface area contributed by atoms with Gasteiger partial charge in [-0.25, -0.2) is 9.59 Å². The third kappa shape index (κ3) is 2.70. The lowest BCUT2D eigenvalue weighted by molar-refractivity contribution is -0.234. The molecule has 0 aromatic heterocycles. The maximum Gasteiger partial charge on any atom is 0.334 e. The highest BCUT2D eigenvalue weighted by Gasteiger charge is 2.66. The highest BCUT2D eigenvalue weighted by Crippen LogP contribution is 2.59. The quantitative estimate of drug-likeness (QED) is 0.574. The number of carbonyl (C=O) groups excluding carboxylic acids is 2. The average Bonchev–Trinajstić information content (AvgIpc) is 2.84. The van der Waals surface area contributed by atoms with Crippen LogP contribution >= 0.6 is 0 Å². The van der Waals surface area contributed by atoms with Crippen LogP contribution in [-0.4, -0.2) is 46.1 Å². The number of ether oxygens (including phenoxy) is 2. The van der Waals surface area contributed by atoms with Gasteiger partial charge in [-0.1, -0.05) is 19.6 Å². The number of esters is 2. The lowest BCUT2D eigenvalue weighted by Crippen LogP contribution is -2.65. The molecule has 3 aliphatic rings. The predicted molar refractivity (Wildman–Crippen MR) is 93.9 cm³/mol. The van der Waals surface area contributed by atoms with Crippen molar-refractivity contribution in [3.63, 3.8) is 0 Å². The zero-order chi connectivity index (χ0) is 19.4. The van der Waals surface area contributed by atoms with E-state index in [1.54, 1.807) is 26.8 Å². The Hall–Kier alpha value is -1.66. The lowest BCUT2D eigenvalue weighted by Gasteiger charge is -2.59. The summed E-state index contributed by atoms with van der Waals surface area (Å²) in [6.45, 7) is 10.8. The number of hydrogen-bond acceptors (Lipinski definition) is 6. The van der Waals surface area contributed by atoms with Crippen molar-refractivity contribution in [1.82, 2.24) is 0 Å². The molecule has 0 amide bonds. The van der Waals surface area contributed by atoms with E-state index in [2.05, 4.69) is 6.58 Å². The van der Waals surface area contributed by atoms with Crippen molar-refractivity contribution < 1.29 is 29.3 Å². The monoisotopic (exact) mass is 364 g/mol. The summed E-state index contributed by atoms with van der Waals surface area (Å²) in [5, 5.41) is 21.9. The van der Waals surface area contributed by atoms with Crippen LogP contribution in [0.4, 0.5) is 0 Å². The van der Waals surface area contributed by atoms with Crippen molar-refractivity contribution in [2.24, 2.45) is 17.3 Å². The summed E-state index contributed by atoms with van der Waals surface area (Å²) in [6, 6.07) is 0. The van der Waals surface area contributed by atoms with Crippen molar-refractivity contribution in [1.29, 1.82) is 0 Å². The van der Waals surface area contributed by atoms with Crippen LogP contribution in [0.3, 0.4) is 0 Å². The van der Waals surface area contributed by atoms with Crippen LogP contribution in [0.2, 0.25) is 0 Å². The summed E-state index contributed by atoms with van der Waals surface area (Å²) in [6.07, 6.45) is 0.922. The zero-order valence-electron chi connectivity index (χ0n) is 15.8. The third-order valence-corrected chi connectivity index (χ3v) is 6.71. The normalized spacial score (nSPS) is 45.6. The minimum atomic E-state index is -1.14. The number of aliphatic hydroxyl groups excluding tert-OH is 1. The Kier molecular flexibility index (Phi) is 4.56. The molecule has 0 aromatic rings. The first-order valence-electron chi connectivity index (χ1n) is 9.17. The molecule has 5 unspecified atom stereocenters. The van der Waals surface area contributed by atoms with E-state index < -0.39 is 53.1 Å². The largest absolute Gasteiger partial charge is 0.458 e. The fourth-order valence-electron chi connectivity index (χ4n) is 5.17. The fourth-order valence-corrected chi connectivity index (χ4v) is 5.17. The molecule has 0 spiro atoms. The minimum Gasteiger partial charge on any atom is -0.458 e. The smallest absolute Gasteiger partial charge is 0.334 e. The summed E-state index contributed by atoms with van der Waals surface area (Å²) < 4.78 is 11.3. The first-order valence-corrected chi connectivity index (χ1v) is 9.17. The molecule has 1 aliphatic heterocycles. The van der Waals surface area contributed by atoms with Crippen molar-refractivity contribution in [3.05, 3.63) is 23.8 Å². The highest BCUT2D eigenvalue weighted by molar-refractivity contribution is 5.91. The van der Waals surface area contributed by atoms with Gasteiger partial charge in [0, 0.05) is 22.5 Å². The highest BCUT2D eigenvalue weighted by atomic mass is 16.6. The molecule has 1 saturated heterocycles. The Morgan fingerprint density at radius 1 is 1.42 bits per heavy atom. The molecule has 0 radical (unpaired) electrons. The predicted octanol–water partition coefficient (Wildman–Crippen LogP) is 1.89. The third-order valence-electron chi connectivity index (χ3n) is 6.71. The Labute approximate surface area is 153 Å². The maximum absolute atomic E-state index is 12.5. The van der Waals surface area contributed by atoms with Crippen LogP contribution in [0.25, 0.3) is 0 Å². The topological polar surface area (TPSA) is 93.1 Å². The van der Waals surface area contributed by atoms with E-state index in [1.165, 1.54) is 0 Å². The van der Waals surface area contributed by atoms with Crippen LogP contribution in [-0.2, 0) is 19.1 Å². The number of carbonyl (C=O) groups is 2. The molecule has 0 bridgehead atoms. The molecule has 144 valence electrons. The molecular formula is C20H28O6. The van der Waals surface area contributed by atoms with Crippen LogP contribution < -0.4 is 0 Å². The van der Waals surface area contributed by atoms with Gasteiger partial charge in [-0.05, 0) is 40.0 Å². The molecule has 3 fully saturated rings. The van der Waals surface area contributed by atoms with Gasteiger partial charge in [0.15, 0.2) is 0 Å². The van der Waals surface area contributed by atoms with Crippen LogP contribution in [0.15, 0.2) is 23.8 Å². The van der Waals surface area contributed by atoms with E-state index in [1.807, 2.05) is 6.92 Å². The minimum absolute atomic E-state index is 0.267. The van der Waals surface area contributed by atoms with Crippen LogP contribution in [0.5, 0.6) is 0 Å². The van der Waals surface area contributed by atoms with E-state index in [4.69, 9.17) is 9.47 Å². The molecule has 0 aromatic carbocycles. The second kappa shape index (κ2) is 6.20. The first kappa shape index (κ1) is 19.1. The van der Waals surface area contributed by atoms with Gasteiger partial charge in [-0.15, -0.1) is 0 Å². The second-order valence-corrected chi connectivity index (χ2v) is 8.44. The van der Waals surface area contributed by atoms with Gasteiger partial charge in [0.05, 0.1) is 17.6 Å². The summed E-state index contributed by atoms with van der Waals surface area (Å²) in [5.41, 5.74) is -1.16. The second-order valence-electron chi connectivity index (χ2n) is 8.44. The molecule has 2 saturated carbocycles. The van der Waals surface area contributed by atoms with Gasteiger partial charge in [0.25, 0.3) is 0 Å². The van der Waals surface area contributed by atoms with Crippen molar-refractivity contribution in [2.75, 3.05) is 0 Å². The van der Waals surface area contributed by atoms with Gasteiger partial charge in [-0.3, -0.25) is 0 Å². The Morgan fingerprint density at radius 3 is 2.69 bits per heavy atom. The fraction of sp³-hybridized carbons (Fsp3) is 0.700. The Morgan fingerprint density at radius 2 is 2.08 bits per heavy atom. The number of fused-ring (bicyclic) bond motifs is 2. The Bertz CT molecular complexity index is 678.